The fourth-order valence-electron chi connectivity index (χ4n) is 2.18. The Hall–Kier alpha value is -3.07. The van der Waals surface area contributed by atoms with E-state index >= 15 is 0 Å². The van der Waals surface area contributed by atoms with E-state index in [4.69, 9.17) is 0 Å². The van der Waals surface area contributed by atoms with Crippen molar-refractivity contribution in [3.63, 3.8) is 0 Å². The smallest absolute Gasteiger partial charge is 0.269 e. The highest BCUT2D eigenvalue weighted by molar-refractivity contribution is 7.09. The first-order valence-corrected chi connectivity index (χ1v) is 8.25. The topological polar surface area (TPSA) is 119 Å². The van der Waals surface area contributed by atoms with Gasteiger partial charge in [0.2, 0.25) is 11.6 Å². The highest BCUT2D eigenvalue weighted by Gasteiger charge is 2.22. The third-order valence-electron chi connectivity index (χ3n) is 3.46. The van der Waals surface area contributed by atoms with E-state index in [9.17, 15) is 14.4 Å². The van der Waals surface area contributed by atoms with Crippen LogP contribution in [0.25, 0.3) is 0 Å². The highest BCUT2D eigenvalue weighted by Crippen LogP contribution is 2.16. The predicted molar refractivity (Wildman–Crippen MR) is 88.6 cm³/mol. The second-order valence-corrected chi connectivity index (χ2v) is 6.27. The molecule has 3 aromatic rings. The number of H-pyrrole nitrogens is 1. The van der Waals surface area contributed by atoms with Gasteiger partial charge < -0.3 is 0 Å². The van der Waals surface area contributed by atoms with Crippen LogP contribution >= 0.6 is 11.3 Å². The number of ketones is 3. The number of carbonyl (C=O) groups excluding carboxylic acids is 3. The fraction of sp³-hybridized carbons (Fsp3) is 0.188. The van der Waals surface area contributed by atoms with Gasteiger partial charge in [-0.2, -0.15) is 5.21 Å². The average Bonchev–Trinajstić information content (AvgIpc) is 3.27. The van der Waals surface area contributed by atoms with Gasteiger partial charge >= 0.3 is 0 Å². The third-order valence-corrected chi connectivity index (χ3v) is 4.36. The van der Waals surface area contributed by atoms with Gasteiger partial charge in [-0.25, -0.2) is 4.98 Å². The van der Waals surface area contributed by atoms with Gasteiger partial charge in [-0.3, -0.25) is 14.4 Å². The molecule has 0 atom stereocenters. The number of thiazole rings is 1. The lowest BCUT2D eigenvalue weighted by Gasteiger charge is -2.00. The molecule has 2 aromatic heterocycles. The van der Waals surface area contributed by atoms with E-state index in [2.05, 4.69) is 25.6 Å². The van der Waals surface area contributed by atoms with E-state index in [0.717, 1.165) is 11.3 Å². The largest absolute Gasteiger partial charge is 0.295 e. The molecule has 0 aliphatic carbocycles. The predicted octanol–water partition coefficient (Wildman–Crippen LogP) is 1.44. The number of rotatable bonds is 7. The summed E-state index contributed by atoms with van der Waals surface area (Å²) in [5.74, 6) is -1.64. The molecule has 0 saturated carbocycles. The maximum Gasteiger partial charge on any atom is 0.269 e. The monoisotopic (exact) mass is 355 g/mol. The Morgan fingerprint density at radius 2 is 1.92 bits per heavy atom. The van der Waals surface area contributed by atoms with E-state index < -0.39 is 11.6 Å². The van der Waals surface area contributed by atoms with E-state index in [-0.39, 0.29) is 18.0 Å². The van der Waals surface area contributed by atoms with Crippen LogP contribution < -0.4 is 0 Å². The van der Waals surface area contributed by atoms with Gasteiger partial charge in [0.15, 0.2) is 5.78 Å². The molecule has 25 heavy (non-hydrogen) atoms. The van der Waals surface area contributed by atoms with E-state index in [0.29, 0.717) is 17.0 Å². The van der Waals surface area contributed by atoms with Gasteiger partial charge in [0.25, 0.3) is 5.78 Å². The Morgan fingerprint density at radius 3 is 2.56 bits per heavy atom. The lowest BCUT2D eigenvalue weighted by Crippen LogP contribution is -2.18. The molecule has 8 nitrogen and oxygen atoms in total. The van der Waals surface area contributed by atoms with Gasteiger partial charge in [-0.1, -0.05) is 24.3 Å². The van der Waals surface area contributed by atoms with Crippen molar-refractivity contribution in [2.45, 2.75) is 19.8 Å². The van der Waals surface area contributed by atoms with Gasteiger partial charge in [0.1, 0.15) is 5.01 Å². The van der Waals surface area contributed by atoms with Gasteiger partial charge in [0, 0.05) is 17.4 Å². The van der Waals surface area contributed by atoms with Crippen LogP contribution in [-0.4, -0.2) is 43.0 Å². The zero-order chi connectivity index (χ0) is 17.8. The number of carbonyl (C=O) groups is 3. The van der Waals surface area contributed by atoms with Crippen molar-refractivity contribution < 1.29 is 14.4 Å². The van der Waals surface area contributed by atoms with Crippen molar-refractivity contribution in [1.29, 1.82) is 0 Å². The Balaban J connectivity index is 1.63. The minimum absolute atomic E-state index is 0.0206. The number of benzene rings is 1. The third kappa shape index (κ3) is 4.07. The molecule has 0 bridgehead atoms. The van der Waals surface area contributed by atoms with Gasteiger partial charge in [-0.05, 0) is 17.7 Å². The first-order valence-electron chi connectivity index (χ1n) is 7.37. The Bertz CT molecular complexity index is 916. The summed E-state index contributed by atoms with van der Waals surface area (Å²) >= 11 is 1.32. The molecule has 0 spiro atoms. The number of aromatic nitrogens is 5. The maximum absolute atomic E-state index is 11.9. The summed E-state index contributed by atoms with van der Waals surface area (Å²) in [5.41, 5.74) is 2.47. The minimum Gasteiger partial charge on any atom is -0.295 e. The van der Waals surface area contributed by atoms with Crippen molar-refractivity contribution in [1.82, 2.24) is 25.6 Å². The van der Waals surface area contributed by atoms with Crippen molar-refractivity contribution >= 4 is 28.7 Å². The van der Waals surface area contributed by atoms with Gasteiger partial charge in [-0.15, -0.1) is 21.5 Å². The first-order chi connectivity index (χ1) is 12.0. The summed E-state index contributed by atoms with van der Waals surface area (Å²) < 4.78 is 0. The van der Waals surface area contributed by atoms with Crippen LogP contribution in [0.15, 0.2) is 29.6 Å². The quantitative estimate of drug-likeness (QED) is 0.503. The number of tetrazole rings is 1. The Labute approximate surface area is 146 Å². The molecule has 0 radical (unpaired) electrons. The second-order valence-electron chi connectivity index (χ2n) is 5.33. The van der Waals surface area contributed by atoms with Crippen LogP contribution in [0.4, 0.5) is 0 Å². The van der Waals surface area contributed by atoms with Crippen LogP contribution in [0.1, 0.15) is 44.2 Å². The summed E-state index contributed by atoms with van der Waals surface area (Å²) in [7, 11) is 0. The summed E-state index contributed by atoms with van der Waals surface area (Å²) in [6, 6.07) is 7.30. The van der Waals surface area contributed by atoms with Crippen LogP contribution in [0.3, 0.4) is 0 Å². The number of aromatic amines is 1. The van der Waals surface area contributed by atoms with Crippen LogP contribution in [-0.2, 0) is 17.6 Å². The number of Topliss-reactive ketones (excluding diaryl/α,β-unsaturated/α-hetero) is 3. The maximum atomic E-state index is 11.9. The number of hydrogen-bond acceptors (Lipinski definition) is 8. The van der Waals surface area contributed by atoms with Crippen LogP contribution in [0.5, 0.6) is 0 Å². The molecule has 3 rings (SSSR count). The molecule has 0 unspecified atom stereocenters. The van der Waals surface area contributed by atoms with Crippen molar-refractivity contribution in [2.75, 3.05) is 0 Å². The minimum atomic E-state index is -0.787. The van der Waals surface area contributed by atoms with E-state index in [1.807, 2.05) is 17.5 Å². The summed E-state index contributed by atoms with van der Waals surface area (Å²) in [6.45, 7) is 1.52. The standard InChI is InChI=1S/C16H13N5O3S/c1-9(22)11-4-2-10(3-5-11)6-12-8-25-14(17-12)7-13(23)15(24)16-18-20-21-19-16/h2-5,8H,6-7H2,1H3,(H,18,19,20,21). The molecule has 9 heteroatoms. The number of nitrogens with one attached hydrogen (secondary N) is 1. The van der Waals surface area contributed by atoms with Crippen LogP contribution in [0, 0.1) is 0 Å². The lowest BCUT2D eigenvalue weighted by atomic mass is 10.1. The molecule has 0 aliphatic rings. The molecule has 0 amide bonds. The molecule has 1 N–H and O–H groups in total. The summed E-state index contributed by atoms with van der Waals surface area (Å²) in [4.78, 5) is 39.4. The Morgan fingerprint density at radius 1 is 1.16 bits per heavy atom. The zero-order valence-electron chi connectivity index (χ0n) is 13.2. The molecule has 1 aromatic carbocycles. The Kier molecular flexibility index (Phi) is 4.85. The molecule has 0 saturated heterocycles. The molecule has 2 heterocycles. The average molecular weight is 355 g/mol. The van der Waals surface area contributed by atoms with Crippen molar-refractivity contribution in [3.05, 3.63) is 57.3 Å². The lowest BCUT2D eigenvalue weighted by molar-refractivity contribution is -0.114. The molecular weight excluding hydrogens is 342 g/mol. The SMILES string of the molecule is CC(=O)c1ccc(Cc2csc(CC(=O)C(=O)c3nn[nH]n3)n2)cc1. The zero-order valence-corrected chi connectivity index (χ0v) is 14.0. The highest BCUT2D eigenvalue weighted by atomic mass is 32.1. The molecular formula is C16H13N5O3S. The van der Waals surface area contributed by atoms with Crippen LogP contribution in [0.2, 0.25) is 0 Å². The second kappa shape index (κ2) is 7.22. The normalized spacial score (nSPS) is 10.6. The summed E-state index contributed by atoms with van der Waals surface area (Å²) in [5, 5.41) is 14.8. The fourth-order valence-corrected chi connectivity index (χ4v) is 2.97. The number of nitrogens with zero attached hydrogens (tertiary/aromatic N) is 4. The number of hydrogen-bond donors (Lipinski definition) is 1. The van der Waals surface area contributed by atoms with Gasteiger partial charge in [0.05, 0.1) is 12.1 Å². The van der Waals surface area contributed by atoms with Crippen molar-refractivity contribution in [3.8, 4) is 0 Å². The molecule has 126 valence electrons. The van der Waals surface area contributed by atoms with E-state index in [1.54, 1.807) is 12.1 Å². The van der Waals surface area contributed by atoms with Crippen molar-refractivity contribution in [2.24, 2.45) is 0 Å². The molecule has 0 fully saturated rings. The van der Waals surface area contributed by atoms with E-state index in [1.165, 1.54) is 18.3 Å². The first kappa shape index (κ1) is 16.8. The summed E-state index contributed by atoms with van der Waals surface area (Å²) in [6.07, 6.45) is 0.489. The molecule has 0 aliphatic heterocycles.